The molecule has 0 aliphatic carbocycles. The van der Waals surface area contributed by atoms with Crippen molar-refractivity contribution in [3.05, 3.63) is 29.8 Å². The van der Waals surface area contributed by atoms with Gasteiger partial charge in [0.1, 0.15) is 5.75 Å². The molecule has 1 aliphatic heterocycles. The predicted octanol–water partition coefficient (Wildman–Crippen LogP) is 2.40. The minimum atomic E-state index is -0.208. The maximum atomic E-state index is 12.3. The summed E-state index contributed by atoms with van der Waals surface area (Å²) in [5.41, 5.74) is 0.883. The number of nitrogens with zero attached hydrogens (tertiary/aromatic N) is 1. The van der Waals surface area contributed by atoms with Crippen molar-refractivity contribution in [3.8, 4) is 5.75 Å². The first-order valence-corrected chi connectivity index (χ1v) is 7.72. The SMILES string of the molecule is COc1ccccc1C(C)(C)CNC(=O)N1CCO[C@H](C)C1. The number of carbonyl (C=O) groups excluding carboxylic acids is 1. The molecule has 1 atom stereocenters. The van der Waals surface area contributed by atoms with E-state index in [1.165, 1.54) is 0 Å². The minimum absolute atomic E-state index is 0.0295. The topological polar surface area (TPSA) is 50.8 Å². The lowest BCUT2D eigenvalue weighted by molar-refractivity contribution is -0.00359. The molecule has 22 heavy (non-hydrogen) atoms. The van der Waals surface area contributed by atoms with E-state index in [4.69, 9.17) is 9.47 Å². The molecule has 122 valence electrons. The van der Waals surface area contributed by atoms with Crippen LogP contribution in [-0.4, -0.2) is 50.4 Å². The van der Waals surface area contributed by atoms with E-state index >= 15 is 0 Å². The Morgan fingerprint density at radius 2 is 2.18 bits per heavy atom. The Kier molecular flexibility index (Phi) is 5.29. The van der Waals surface area contributed by atoms with Crippen molar-refractivity contribution < 1.29 is 14.3 Å². The maximum absolute atomic E-state index is 12.3. The van der Waals surface area contributed by atoms with Crippen LogP contribution in [0.15, 0.2) is 24.3 Å². The van der Waals surface area contributed by atoms with Crippen molar-refractivity contribution in [1.29, 1.82) is 0 Å². The highest BCUT2D eigenvalue weighted by Crippen LogP contribution is 2.30. The Morgan fingerprint density at radius 1 is 1.45 bits per heavy atom. The second-order valence-electron chi connectivity index (χ2n) is 6.37. The third-order valence-electron chi connectivity index (χ3n) is 4.05. The van der Waals surface area contributed by atoms with Gasteiger partial charge in [0.05, 0.1) is 19.8 Å². The number of amides is 2. The summed E-state index contributed by atoms with van der Waals surface area (Å²) in [6.07, 6.45) is 0.0988. The fourth-order valence-electron chi connectivity index (χ4n) is 2.71. The molecule has 1 aromatic carbocycles. The van der Waals surface area contributed by atoms with Crippen LogP contribution in [0.25, 0.3) is 0 Å². The van der Waals surface area contributed by atoms with Crippen molar-refractivity contribution in [2.24, 2.45) is 0 Å². The highest BCUT2D eigenvalue weighted by Gasteiger charge is 2.27. The van der Waals surface area contributed by atoms with Crippen LogP contribution in [-0.2, 0) is 10.2 Å². The van der Waals surface area contributed by atoms with Gasteiger partial charge in [-0.05, 0) is 13.0 Å². The highest BCUT2D eigenvalue weighted by atomic mass is 16.5. The Bertz CT molecular complexity index is 516. The summed E-state index contributed by atoms with van der Waals surface area (Å²) >= 11 is 0. The average molecular weight is 306 g/mol. The molecule has 5 heteroatoms. The molecule has 5 nitrogen and oxygen atoms in total. The molecule has 2 amide bonds. The molecule has 0 radical (unpaired) electrons. The molecule has 1 N–H and O–H groups in total. The van der Waals surface area contributed by atoms with Crippen LogP contribution in [0.4, 0.5) is 4.79 Å². The van der Waals surface area contributed by atoms with Crippen LogP contribution < -0.4 is 10.1 Å². The lowest BCUT2D eigenvalue weighted by Crippen LogP contribution is -2.50. The second kappa shape index (κ2) is 7.01. The van der Waals surface area contributed by atoms with Gasteiger partial charge in [-0.3, -0.25) is 0 Å². The largest absolute Gasteiger partial charge is 0.496 e. The number of urea groups is 1. The van der Waals surface area contributed by atoms with Gasteiger partial charge in [-0.25, -0.2) is 4.79 Å². The van der Waals surface area contributed by atoms with Crippen LogP contribution in [0.1, 0.15) is 26.3 Å². The van der Waals surface area contributed by atoms with Crippen LogP contribution in [0, 0.1) is 0 Å². The number of nitrogens with one attached hydrogen (secondary N) is 1. The number of hydrogen-bond acceptors (Lipinski definition) is 3. The average Bonchev–Trinajstić information content (AvgIpc) is 2.52. The molecular formula is C17H26N2O3. The zero-order valence-corrected chi connectivity index (χ0v) is 13.9. The van der Waals surface area contributed by atoms with E-state index in [0.29, 0.717) is 26.2 Å². The van der Waals surface area contributed by atoms with Crippen LogP contribution in [0.3, 0.4) is 0 Å². The van der Waals surface area contributed by atoms with Gasteiger partial charge < -0.3 is 19.7 Å². The summed E-state index contributed by atoms with van der Waals surface area (Å²) in [7, 11) is 1.67. The number of morpholine rings is 1. The second-order valence-corrected chi connectivity index (χ2v) is 6.37. The minimum Gasteiger partial charge on any atom is -0.496 e. The van der Waals surface area contributed by atoms with E-state index in [0.717, 1.165) is 11.3 Å². The normalized spacial score (nSPS) is 18.9. The molecular weight excluding hydrogens is 280 g/mol. The molecule has 0 spiro atoms. The van der Waals surface area contributed by atoms with Gasteiger partial charge in [-0.1, -0.05) is 32.0 Å². The van der Waals surface area contributed by atoms with E-state index in [9.17, 15) is 4.79 Å². The maximum Gasteiger partial charge on any atom is 0.317 e. The number of ether oxygens (including phenoxy) is 2. The van der Waals surface area contributed by atoms with Crippen molar-refractivity contribution in [1.82, 2.24) is 10.2 Å². The summed E-state index contributed by atoms with van der Waals surface area (Å²) in [6.45, 7) is 8.63. The van der Waals surface area contributed by atoms with Crippen molar-refractivity contribution in [3.63, 3.8) is 0 Å². The van der Waals surface area contributed by atoms with E-state index < -0.39 is 0 Å². The summed E-state index contributed by atoms with van der Waals surface area (Å²) in [6, 6.07) is 7.90. The van der Waals surface area contributed by atoms with E-state index in [2.05, 4.69) is 19.2 Å². The Labute approximate surface area is 132 Å². The molecule has 0 bridgehead atoms. The molecule has 1 saturated heterocycles. The number of para-hydroxylation sites is 1. The van der Waals surface area contributed by atoms with Crippen LogP contribution in [0.5, 0.6) is 5.75 Å². The Morgan fingerprint density at radius 3 is 2.86 bits per heavy atom. The van der Waals surface area contributed by atoms with Gasteiger partial charge in [0, 0.05) is 30.6 Å². The third-order valence-corrected chi connectivity index (χ3v) is 4.05. The van der Waals surface area contributed by atoms with Crippen LogP contribution >= 0.6 is 0 Å². The van der Waals surface area contributed by atoms with E-state index in [-0.39, 0.29) is 17.6 Å². The summed E-state index contributed by atoms with van der Waals surface area (Å²) in [4.78, 5) is 14.1. The smallest absolute Gasteiger partial charge is 0.317 e. The molecule has 0 saturated carbocycles. The van der Waals surface area contributed by atoms with Gasteiger partial charge in [0.2, 0.25) is 0 Å². The number of hydrogen-bond donors (Lipinski definition) is 1. The zero-order valence-electron chi connectivity index (χ0n) is 13.9. The van der Waals surface area contributed by atoms with Gasteiger partial charge >= 0.3 is 6.03 Å². The first-order valence-electron chi connectivity index (χ1n) is 7.72. The number of methoxy groups -OCH3 is 1. The number of carbonyl (C=O) groups is 1. The van der Waals surface area contributed by atoms with E-state index in [1.54, 1.807) is 7.11 Å². The Balaban J connectivity index is 1.98. The molecule has 1 fully saturated rings. The Hall–Kier alpha value is -1.75. The van der Waals surface area contributed by atoms with Crippen LogP contribution in [0.2, 0.25) is 0 Å². The zero-order chi connectivity index (χ0) is 16.2. The highest BCUT2D eigenvalue weighted by molar-refractivity contribution is 5.74. The van der Waals surface area contributed by atoms with Crippen molar-refractivity contribution in [2.45, 2.75) is 32.3 Å². The lowest BCUT2D eigenvalue weighted by Gasteiger charge is -2.33. The van der Waals surface area contributed by atoms with Crippen molar-refractivity contribution in [2.75, 3.05) is 33.4 Å². The quantitative estimate of drug-likeness (QED) is 0.929. The monoisotopic (exact) mass is 306 g/mol. The molecule has 0 aromatic heterocycles. The van der Waals surface area contributed by atoms with Gasteiger partial charge in [0.15, 0.2) is 0 Å². The van der Waals surface area contributed by atoms with Crippen molar-refractivity contribution >= 4 is 6.03 Å². The number of rotatable bonds is 4. The molecule has 1 aliphatic rings. The fraction of sp³-hybridized carbons (Fsp3) is 0.588. The third kappa shape index (κ3) is 3.91. The first kappa shape index (κ1) is 16.6. The lowest BCUT2D eigenvalue weighted by atomic mass is 9.84. The predicted molar refractivity (Wildman–Crippen MR) is 86.4 cm³/mol. The first-order chi connectivity index (χ1) is 10.4. The fourth-order valence-corrected chi connectivity index (χ4v) is 2.71. The molecule has 1 heterocycles. The summed E-state index contributed by atoms with van der Waals surface area (Å²) in [5.74, 6) is 0.849. The van der Waals surface area contributed by atoms with E-state index in [1.807, 2.05) is 36.1 Å². The standard InChI is InChI=1S/C17H26N2O3/c1-13-11-19(9-10-22-13)16(20)18-12-17(2,3)14-7-5-6-8-15(14)21-4/h5-8,13H,9-12H2,1-4H3,(H,18,20)/t13-/m1/s1. The molecule has 1 aromatic rings. The molecule has 2 rings (SSSR count). The number of benzene rings is 1. The van der Waals surface area contributed by atoms with Gasteiger partial charge in [-0.15, -0.1) is 0 Å². The summed E-state index contributed by atoms with van der Waals surface area (Å²) in [5, 5.41) is 3.04. The summed E-state index contributed by atoms with van der Waals surface area (Å²) < 4.78 is 10.9. The van der Waals surface area contributed by atoms with Gasteiger partial charge in [0.25, 0.3) is 0 Å². The van der Waals surface area contributed by atoms with Gasteiger partial charge in [-0.2, -0.15) is 0 Å². The molecule has 0 unspecified atom stereocenters.